The molecule has 0 saturated carbocycles. The molecule has 108 valence electrons. The van der Waals surface area contributed by atoms with Crippen LogP contribution in [0.5, 0.6) is 0 Å². The zero-order valence-electron chi connectivity index (χ0n) is 11.2. The zero-order valence-corrected chi connectivity index (χ0v) is 14.9. The summed E-state index contributed by atoms with van der Waals surface area (Å²) in [6, 6.07) is 5.27. The van der Waals surface area contributed by atoms with Crippen LogP contribution in [0.25, 0.3) is 0 Å². The molecule has 1 aromatic rings. The molecule has 0 fully saturated rings. The Balaban J connectivity index is 0.00000324. The third-order valence-electron chi connectivity index (χ3n) is 3.27. The van der Waals surface area contributed by atoms with Gasteiger partial charge < -0.3 is 11.1 Å². The molecule has 0 bridgehead atoms. The van der Waals surface area contributed by atoms with Gasteiger partial charge in [0.05, 0.1) is 11.1 Å². The fourth-order valence-corrected chi connectivity index (χ4v) is 2.18. The van der Waals surface area contributed by atoms with Crippen molar-refractivity contribution in [2.45, 2.75) is 26.3 Å². The van der Waals surface area contributed by atoms with Crippen molar-refractivity contribution in [3.8, 4) is 0 Å². The van der Waals surface area contributed by atoms with Gasteiger partial charge in [0.25, 0.3) is 5.91 Å². The summed E-state index contributed by atoms with van der Waals surface area (Å²) in [5, 5.41) is 3.55. The van der Waals surface area contributed by atoms with E-state index in [1.165, 1.54) is 0 Å². The second-order valence-electron chi connectivity index (χ2n) is 4.85. The minimum atomic E-state index is -0.414. The second kappa shape index (κ2) is 7.67. The zero-order chi connectivity index (χ0) is 13.9. The summed E-state index contributed by atoms with van der Waals surface area (Å²) in [6.45, 7) is 6.42. The number of carbonyl (C=O) groups excluding carboxylic acids is 1. The summed E-state index contributed by atoms with van der Waals surface area (Å²) in [6.07, 6.45) is 0. The van der Waals surface area contributed by atoms with Gasteiger partial charge in [-0.05, 0) is 53.6 Å². The molecule has 1 amide bonds. The van der Waals surface area contributed by atoms with E-state index in [9.17, 15) is 4.79 Å². The first-order valence-corrected chi connectivity index (χ1v) is 7.23. The number of nitrogens with one attached hydrogen (secondary N) is 1. The van der Waals surface area contributed by atoms with Gasteiger partial charge in [0.2, 0.25) is 0 Å². The van der Waals surface area contributed by atoms with Crippen molar-refractivity contribution in [2.75, 3.05) is 6.54 Å². The van der Waals surface area contributed by atoms with Gasteiger partial charge in [-0.25, -0.2) is 0 Å². The molecule has 0 radical (unpaired) electrons. The van der Waals surface area contributed by atoms with E-state index in [2.05, 4.69) is 27.9 Å². The van der Waals surface area contributed by atoms with Crippen LogP contribution in [0.3, 0.4) is 0 Å². The number of amides is 1. The largest absolute Gasteiger partial charge is 0.345 e. The molecule has 0 aromatic heterocycles. The maximum atomic E-state index is 12.3. The van der Waals surface area contributed by atoms with Crippen molar-refractivity contribution in [3.05, 3.63) is 32.4 Å². The molecule has 3 N–H and O–H groups in total. The van der Waals surface area contributed by atoms with E-state index in [1.807, 2.05) is 26.8 Å². The van der Waals surface area contributed by atoms with Gasteiger partial charge in [0, 0.05) is 15.1 Å². The monoisotopic (exact) mass is 416 g/mol. The highest BCUT2D eigenvalue weighted by molar-refractivity contribution is 14.1. The molecule has 0 aliphatic carbocycles. The van der Waals surface area contributed by atoms with Crippen LogP contribution >= 0.6 is 46.6 Å². The highest BCUT2D eigenvalue weighted by atomic mass is 127. The molecule has 19 heavy (non-hydrogen) atoms. The summed E-state index contributed by atoms with van der Waals surface area (Å²) in [5.74, 6) is 0.117. The van der Waals surface area contributed by atoms with E-state index in [4.69, 9.17) is 17.3 Å². The Morgan fingerprint density at radius 2 is 2.11 bits per heavy atom. The van der Waals surface area contributed by atoms with Gasteiger partial charge in [-0.15, -0.1) is 12.4 Å². The number of benzene rings is 1. The van der Waals surface area contributed by atoms with Crippen molar-refractivity contribution in [1.29, 1.82) is 0 Å². The quantitative estimate of drug-likeness (QED) is 0.738. The summed E-state index contributed by atoms with van der Waals surface area (Å²) < 4.78 is 0.873. The van der Waals surface area contributed by atoms with Gasteiger partial charge in [-0.2, -0.15) is 0 Å². The number of halogens is 3. The Kier molecular flexibility index (Phi) is 7.65. The van der Waals surface area contributed by atoms with E-state index >= 15 is 0 Å². The molecule has 0 aliphatic rings. The number of rotatable bonds is 4. The van der Waals surface area contributed by atoms with Crippen LogP contribution in [0.15, 0.2) is 18.2 Å². The van der Waals surface area contributed by atoms with E-state index in [0.29, 0.717) is 17.1 Å². The summed E-state index contributed by atoms with van der Waals surface area (Å²) >= 11 is 8.04. The van der Waals surface area contributed by atoms with Crippen LogP contribution in [0.4, 0.5) is 0 Å². The van der Waals surface area contributed by atoms with Crippen LogP contribution in [0.1, 0.15) is 31.1 Å². The van der Waals surface area contributed by atoms with Crippen LogP contribution in [0.2, 0.25) is 5.02 Å². The van der Waals surface area contributed by atoms with Crippen LogP contribution < -0.4 is 11.1 Å². The topological polar surface area (TPSA) is 55.1 Å². The SMILES string of the molecule is CC(C)C(C)(CN)NC(=O)c1cc(Cl)ccc1I.Cl. The first kappa shape index (κ1) is 19.0. The maximum absolute atomic E-state index is 12.3. The van der Waals surface area contributed by atoms with Crippen LogP contribution in [0, 0.1) is 9.49 Å². The molecule has 0 heterocycles. The molecule has 6 heteroatoms. The summed E-state index contributed by atoms with van der Waals surface area (Å²) in [4.78, 5) is 12.3. The fourth-order valence-electron chi connectivity index (χ4n) is 1.43. The van der Waals surface area contributed by atoms with Crippen molar-refractivity contribution >= 4 is 52.5 Å². The predicted octanol–water partition coefficient (Wildman–Crippen LogP) is 3.47. The van der Waals surface area contributed by atoms with E-state index < -0.39 is 5.54 Å². The third-order valence-corrected chi connectivity index (χ3v) is 4.45. The predicted molar refractivity (Wildman–Crippen MR) is 91.2 cm³/mol. The van der Waals surface area contributed by atoms with Gasteiger partial charge in [0.15, 0.2) is 0 Å². The molecule has 1 aromatic carbocycles. The molecule has 1 unspecified atom stereocenters. The number of hydrogen-bond donors (Lipinski definition) is 2. The maximum Gasteiger partial charge on any atom is 0.252 e. The van der Waals surface area contributed by atoms with Crippen molar-refractivity contribution in [3.63, 3.8) is 0 Å². The molecule has 3 nitrogen and oxygen atoms in total. The van der Waals surface area contributed by atoms with Crippen LogP contribution in [-0.4, -0.2) is 18.0 Å². The number of carbonyl (C=O) groups is 1. The van der Waals surface area contributed by atoms with Crippen molar-refractivity contribution in [2.24, 2.45) is 11.7 Å². The van der Waals surface area contributed by atoms with Gasteiger partial charge in [0.1, 0.15) is 0 Å². The Hall–Kier alpha value is -0.0400. The Labute approximate surface area is 139 Å². The molecular formula is C13H19Cl2IN2O. The lowest BCUT2D eigenvalue weighted by Crippen LogP contribution is -2.55. The normalized spacial score (nSPS) is 13.6. The van der Waals surface area contributed by atoms with Gasteiger partial charge >= 0.3 is 0 Å². The fraction of sp³-hybridized carbons (Fsp3) is 0.462. The lowest BCUT2D eigenvalue weighted by atomic mass is 9.88. The molecule has 1 rings (SSSR count). The Morgan fingerprint density at radius 1 is 1.53 bits per heavy atom. The second-order valence-corrected chi connectivity index (χ2v) is 6.45. The first-order valence-electron chi connectivity index (χ1n) is 5.78. The van der Waals surface area contributed by atoms with Gasteiger partial charge in [-0.3, -0.25) is 4.79 Å². The smallest absolute Gasteiger partial charge is 0.252 e. The van der Waals surface area contributed by atoms with E-state index in [1.54, 1.807) is 12.1 Å². The van der Waals surface area contributed by atoms with Crippen molar-refractivity contribution < 1.29 is 4.79 Å². The average Bonchev–Trinajstić information content (AvgIpc) is 2.31. The van der Waals surface area contributed by atoms with Crippen LogP contribution in [-0.2, 0) is 0 Å². The van der Waals surface area contributed by atoms with Gasteiger partial charge in [-0.1, -0.05) is 25.4 Å². The van der Waals surface area contributed by atoms with Crippen molar-refractivity contribution in [1.82, 2.24) is 5.32 Å². The number of hydrogen-bond acceptors (Lipinski definition) is 2. The van der Waals surface area contributed by atoms with E-state index in [-0.39, 0.29) is 24.2 Å². The number of nitrogens with two attached hydrogens (primary N) is 1. The van der Waals surface area contributed by atoms with E-state index in [0.717, 1.165) is 3.57 Å². The molecule has 0 saturated heterocycles. The molecule has 1 atom stereocenters. The third kappa shape index (κ3) is 4.77. The highest BCUT2D eigenvalue weighted by Crippen LogP contribution is 2.20. The minimum absolute atomic E-state index is 0. The lowest BCUT2D eigenvalue weighted by Gasteiger charge is -2.33. The summed E-state index contributed by atoms with van der Waals surface area (Å²) in [5.41, 5.74) is 5.93. The Bertz CT molecular complexity index is 454. The highest BCUT2D eigenvalue weighted by Gasteiger charge is 2.29. The molecular weight excluding hydrogens is 398 g/mol. The molecule has 0 aliphatic heterocycles. The average molecular weight is 417 g/mol. The first-order chi connectivity index (χ1) is 8.30. The lowest BCUT2D eigenvalue weighted by molar-refractivity contribution is 0.0882. The minimum Gasteiger partial charge on any atom is -0.345 e. The summed E-state index contributed by atoms with van der Waals surface area (Å²) in [7, 11) is 0. The Morgan fingerprint density at radius 3 is 2.58 bits per heavy atom. The molecule has 0 spiro atoms. The standard InChI is InChI=1S/C13H18ClIN2O.ClH/c1-8(2)13(3,7-16)17-12(18)10-6-9(14)4-5-11(10)15;/h4-6,8H,7,16H2,1-3H3,(H,17,18);1H.